The van der Waals surface area contributed by atoms with E-state index in [0.29, 0.717) is 6.04 Å². The van der Waals surface area contributed by atoms with Gasteiger partial charge in [-0.3, -0.25) is 0 Å². The summed E-state index contributed by atoms with van der Waals surface area (Å²) in [6.07, 6.45) is 7.16. The Kier molecular flexibility index (Phi) is 3.62. The van der Waals surface area contributed by atoms with Gasteiger partial charge in [-0.05, 0) is 46.8 Å². The van der Waals surface area contributed by atoms with Crippen molar-refractivity contribution >= 4 is 21.7 Å². The van der Waals surface area contributed by atoms with Gasteiger partial charge in [0.15, 0.2) is 0 Å². The number of anilines is 1. The van der Waals surface area contributed by atoms with Crippen LogP contribution in [-0.4, -0.2) is 11.0 Å². The molecule has 0 spiro atoms. The maximum absolute atomic E-state index is 4.34. The number of hydrogen-bond acceptors (Lipinski definition) is 2. The summed E-state index contributed by atoms with van der Waals surface area (Å²) in [5.41, 5.74) is 0. The highest BCUT2D eigenvalue weighted by molar-refractivity contribution is 9.10. The van der Waals surface area contributed by atoms with E-state index in [0.717, 1.165) is 16.2 Å². The lowest BCUT2D eigenvalue weighted by Crippen LogP contribution is -2.19. The number of nitrogens with zero attached hydrogens (tertiary/aromatic N) is 1. The highest BCUT2D eigenvalue weighted by Gasteiger charge is 2.24. The Morgan fingerprint density at radius 1 is 1.53 bits per heavy atom. The molecule has 3 heteroatoms. The summed E-state index contributed by atoms with van der Waals surface area (Å²) in [4.78, 5) is 4.34. The summed E-state index contributed by atoms with van der Waals surface area (Å²) < 4.78 is 1.03. The summed E-state index contributed by atoms with van der Waals surface area (Å²) in [7, 11) is 0. The molecule has 1 aliphatic rings. The number of halogens is 1. The van der Waals surface area contributed by atoms with Crippen LogP contribution in [0.1, 0.15) is 32.6 Å². The molecule has 0 aliphatic heterocycles. The first kappa shape index (κ1) is 10.9. The van der Waals surface area contributed by atoms with Gasteiger partial charge in [-0.15, -0.1) is 0 Å². The normalized spacial score (nSPS) is 17.5. The van der Waals surface area contributed by atoms with Crippen molar-refractivity contribution < 1.29 is 0 Å². The molecule has 1 atom stereocenters. The van der Waals surface area contributed by atoms with Crippen molar-refractivity contribution in [3.05, 3.63) is 22.8 Å². The minimum absolute atomic E-state index is 0.589. The summed E-state index contributed by atoms with van der Waals surface area (Å²) in [5.74, 6) is 1.96. The molecule has 82 valence electrons. The largest absolute Gasteiger partial charge is 0.367 e. The van der Waals surface area contributed by atoms with Crippen molar-refractivity contribution in [1.29, 1.82) is 0 Å². The molecule has 15 heavy (non-hydrogen) atoms. The standard InChI is InChI=1S/C12H17BrN2/c1-2-11(7-9-3-4-9)15-12-6-5-10(13)8-14-12/h5-6,8-9,11H,2-4,7H2,1H3,(H,14,15). The van der Waals surface area contributed by atoms with Gasteiger partial charge in [0, 0.05) is 16.7 Å². The molecule has 1 aromatic rings. The Bertz CT molecular complexity index is 306. The molecule has 1 unspecified atom stereocenters. The van der Waals surface area contributed by atoms with Crippen LogP contribution in [0.5, 0.6) is 0 Å². The van der Waals surface area contributed by atoms with E-state index < -0.39 is 0 Å². The summed E-state index contributed by atoms with van der Waals surface area (Å²) in [6, 6.07) is 4.64. The smallest absolute Gasteiger partial charge is 0.126 e. The second kappa shape index (κ2) is 4.97. The highest BCUT2D eigenvalue weighted by Crippen LogP contribution is 2.34. The van der Waals surface area contributed by atoms with Gasteiger partial charge in [0.2, 0.25) is 0 Å². The lowest BCUT2D eigenvalue weighted by Gasteiger charge is -2.17. The molecule has 0 saturated heterocycles. The average Bonchev–Trinajstić information content (AvgIpc) is 3.04. The van der Waals surface area contributed by atoms with Crippen molar-refractivity contribution in [2.75, 3.05) is 5.32 Å². The number of pyridine rings is 1. The fourth-order valence-electron chi connectivity index (χ4n) is 1.75. The maximum Gasteiger partial charge on any atom is 0.126 e. The Morgan fingerprint density at radius 2 is 2.33 bits per heavy atom. The quantitative estimate of drug-likeness (QED) is 0.878. The van der Waals surface area contributed by atoms with Crippen LogP contribution in [0.15, 0.2) is 22.8 Å². The monoisotopic (exact) mass is 268 g/mol. The van der Waals surface area contributed by atoms with E-state index in [9.17, 15) is 0 Å². The zero-order valence-corrected chi connectivity index (χ0v) is 10.6. The Labute approximate surface area is 99.6 Å². The third kappa shape index (κ3) is 3.49. The van der Waals surface area contributed by atoms with Crippen LogP contribution in [0, 0.1) is 5.92 Å². The Hall–Kier alpha value is -0.570. The van der Waals surface area contributed by atoms with Gasteiger partial charge in [0.05, 0.1) is 0 Å². The third-order valence-corrected chi connectivity index (χ3v) is 3.36. The second-order valence-electron chi connectivity index (χ2n) is 4.29. The maximum atomic E-state index is 4.34. The molecule has 1 saturated carbocycles. The molecule has 1 heterocycles. The highest BCUT2D eigenvalue weighted by atomic mass is 79.9. The van der Waals surface area contributed by atoms with E-state index in [2.05, 4.69) is 33.2 Å². The van der Waals surface area contributed by atoms with Crippen LogP contribution >= 0.6 is 15.9 Å². The minimum atomic E-state index is 0.589. The van der Waals surface area contributed by atoms with E-state index in [-0.39, 0.29) is 0 Å². The molecular weight excluding hydrogens is 252 g/mol. The molecule has 2 rings (SSSR count). The molecule has 0 aromatic carbocycles. The average molecular weight is 269 g/mol. The van der Waals surface area contributed by atoms with Crippen molar-refractivity contribution in [2.24, 2.45) is 5.92 Å². The van der Waals surface area contributed by atoms with Gasteiger partial charge in [0.1, 0.15) is 5.82 Å². The molecule has 0 bridgehead atoms. The number of aromatic nitrogens is 1. The predicted molar refractivity (Wildman–Crippen MR) is 67.0 cm³/mol. The molecule has 2 nitrogen and oxygen atoms in total. The minimum Gasteiger partial charge on any atom is -0.367 e. The summed E-state index contributed by atoms with van der Waals surface area (Å²) in [5, 5.41) is 3.50. The molecule has 1 N–H and O–H groups in total. The SMILES string of the molecule is CCC(CC1CC1)Nc1ccc(Br)cn1. The summed E-state index contributed by atoms with van der Waals surface area (Å²) in [6.45, 7) is 2.24. The van der Waals surface area contributed by atoms with Gasteiger partial charge >= 0.3 is 0 Å². The lowest BCUT2D eigenvalue weighted by atomic mass is 10.1. The van der Waals surface area contributed by atoms with Gasteiger partial charge in [-0.25, -0.2) is 4.98 Å². The fourth-order valence-corrected chi connectivity index (χ4v) is 1.99. The molecule has 0 radical (unpaired) electrons. The van der Waals surface area contributed by atoms with E-state index in [1.165, 1.54) is 25.7 Å². The van der Waals surface area contributed by atoms with Crippen LogP contribution < -0.4 is 5.32 Å². The van der Waals surface area contributed by atoms with Crippen LogP contribution in [0.4, 0.5) is 5.82 Å². The first-order valence-electron chi connectivity index (χ1n) is 5.66. The van der Waals surface area contributed by atoms with Gasteiger partial charge in [-0.1, -0.05) is 19.8 Å². The Balaban J connectivity index is 1.89. The number of hydrogen-bond donors (Lipinski definition) is 1. The van der Waals surface area contributed by atoms with Crippen LogP contribution in [0.25, 0.3) is 0 Å². The fraction of sp³-hybridized carbons (Fsp3) is 0.583. The number of nitrogens with one attached hydrogen (secondary N) is 1. The van der Waals surface area contributed by atoms with Crippen LogP contribution in [0.3, 0.4) is 0 Å². The van der Waals surface area contributed by atoms with Crippen LogP contribution in [-0.2, 0) is 0 Å². The number of rotatable bonds is 5. The molecule has 1 fully saturated rings. The zero-order valence-electron chi connectivity index (χ0n) is 9.04. The van der Waals surface area contributed by atoms with E-state index in [1.807, 2.05) is 18.3 Å². The lowest BCUT2D eigenvalue weighted by molar-refractivity contribution is 0.585. The molecule has 1 aromatic heterocycles. The van der Waals surface area contributed by atoms with Crippen molar-refractivity contribution in [2.45, 2.75) is 38.6 Å². The van der Waals surface area contributed by atoms with Gasteiger partial charge < -0.3 is 5.32 Å². The van der Waals surface area contributed by atoms with E-state index >= 15 is 0 Å². The molecule has 1 aliphatic carbocycles. The first-order valence-corrected chi connectivity index (χ1v) is 6.45. The topological polar surface area (TPSA) is 24.9 Å². The zero-order chi connectivity index (χ0) is 10.7. The first-order chi connectivity index (χ1) is 7.28. The van der Waals surface area contributed by atoms with Crippen molar-refractivity contribution in [3.63, 3.8) is 0 Å². The van der Waals surface area contributed by atoms with Crippen LogP contribution in [0.2, 0.25) is 0 Å². The van der Waals surface area contributed by atoms with E-state index in [1.54, 1.807) is 0 Å². The van der Waals surface area contributed by atoms with Gasteiger partial charge in [0.25, 0.3) is 0 Å². The second-order valence-corrected chi connectivity index (χ2v) is 5.21. The Morgan fingerprint density at radius 3 is 2.87 bits per heavy atom. The molecular formula is C12H17BrN2. The summed E-state index contributed by atoms with van der Waals surface area (Å²) >= 11 is 3.39. The van der Waals surface area contributed by atoms with Crippen molar-refractivity contribution in [3.8, 4) is 0 Å². The van der Waals surface area contributed by atoms with Gasteiger partial charge in [-0.2, -0.15) is 0 Å². The molecule has 0 amide bonds. The third-order valence-electron chi connectivity index (χ3n) is 2.89. The van der Waals surface area contributed by atoms with Crippen molar-refractivity contribution in [1.82, 2.24) is 4.98 Å². The predicted octanol–water partition coefficient (Wildman–Crippen LogP) is 3.83. The van der Waals surface area contributed by atoms with E-state index in [4.69, 9.17) is 0 Å².